The molecule has 13 heteroatoms. The molecule has 0 aliphatic rings. The fourth-order valence-electron chi connectivity index (χ4n) is 5.45. The number of pyridine rings is 1. The fraction of sp³-hybridized carbons (Fsp3) is 0.231. The number of fused-ring (bicyclic) bond motifs is 1. The second kappa shape index (κ2) is 17.1. The molecule has 6 rings (SSSR count). The van der Waals surface area contributed by atoms with Gasteiger partial charge in [0.15, 0.2) is 0 Å². The van der Waals surface area contributed by atoms with Crippen LogP contribution in [0, 0.1) is 6.92 Å². The smallest absolute Gasteiger partial charge is 0.324 e. The van der Waals surface area contributed by atoms with Crippen molar-refractivity contribution < 1.29 is 19.1 Å². The number of aryl methyl sites for hydroxylation is 2. The minimum atomic E-state index is -0.379. The first-order valence-electron chi connectivity index (χ1n) is 17.1. The lowest BCUT2D eigenvalue weighted by Crippen LogP contribution is -2.27. The highest BCUT2D eigenvalue weighted by Crippen LogP contribution is 2.32. The maximum Gasteiger partial charge on any atom is 0.324 e. The largest absolute Gasteiger partial charge is 0.488 e. The second-order valence-corrected chi connectivity index (χ2v) is 12.1. The predicted molar refractivity (Wildman–Crippen MR) is 202 cm³/mol. The van der Waals surface area contributed by atoms with Gasteiger partial charge in [-0.3, -0.25) is 10.1 Å². The van der Waals surface area contributed by atoms with Gasteiger partial charge in [-0.25, -0.2) is 24.4 Å². The standard InChI is InChI=1S/C39H41N9O4/c1-4-5-8-28-22-37(48(47-28)29-13-11-26(2)12-14-29)46-39(50)44-32-15-16-34(31-10-7-6-9-30(31)32)52-25-27-17-18-40-35(21-27)45-36-24-42-33(23-43-36)38(49)41-19-20-51-3/h6-7,9-18,21-24H,4-5,8,19-20,25H2,1-3H3,(H,41,49)(H,40,43,45)(H2,44,46,50). The van der Waals surface area contributed by atoms with Crippen LogP contribution in [-0.4, -0.2) is 56.9 Å². The van der Waals surface area contributed by atoms with Gasteiger partial charge in [0.05, 0.1) is 36.1 Å². The molecule has 3 aromatic carbocycles. The Bertz CT molecular complexity index is 2130. The highest BCUT2D eigenvalue weighted by atomic mass is 16.5. The van der Waals surface area contributed by atoms with Gasteiger partial charge < -0.3 is 25.4 Å². The maximum atomic E-state index is 13.4. The number of aromatic nitrogens is 5. The quantitative estimate of drug-likeness (QED) is 0.0814. The van der Waals surface area contributed by atoms with Crippen LogP contribution in [0.4, 0.5) is 27.9 Å². The van der Waals surface area contributed by atoms with Crippen molar-refractivity contribution in [2.45, 2.75) is 39.7 Å². The van der Waals surface area contributed by atoms with Crippen LogP contribution in [0.25, 0.3) is 16.5 Å². The Morgan fingerprint density at radius 2 is 1.69 bits per heavy atom. The molecule has 0 radical (unpaired) electrons. The third kappa shape index (κ3) is 9.06. The molecule has 0 saturated heterocycles. The van der Waals surface area contributed by atoms with Gasteiger partial charge >= 0.3 is 6.03 Å². The molecule has 4 N–H and O–H groups in total. The molecule has 6 aromatic rings. The Balaban J connectivity index is 1.11. The summed E-state index contributed by atoms with van der Waals surface area (Å²) in [7, 11) is 1.57. The van der Waals surface area contributed by atoms with Crippen molar-refractivity contribution in [1.82, 2.24) is 30.0 Å². The van der Waals surface area contributed by atoms with Gasteiger partial charge in [-0.2, -0.15) is 5.10 Å². The first kappa shape index (κ1) is 35.5. The van der Waals surface area contributed by atoms with Crippen LogP contribution in [-0.2, 0) is 17.8 Å². The minimum Gasteiger partial charge on any atom is -0.488 e. The highest BCUT2D eigenvalue weighted by Gasteiger charge is 2.15. The van der Waals surface area contributed by atoms with Crippen molar-refractivity contribution in [3.05, 3.63) is 120 Å². The number of methoxy groups -OCH3 is 1. The molecule has 266 valence electrons. The minimum absolute atomic E-state index is 0.202. The third-order valence-corrected chi connectivity index (χ3v) is 8.15. The van der Waals surface area contributed by atoms with Gasteiger partial charge in [-0.15, -0.1) is 0 Å². The number of carbonyl (C=O) groups is 2. The Morgan fingerprint density at radius 3 is 2.46 bits per heavy atom. The van der Waals surface area contributed by atoms with Crippen LogP contribution in [0.15, 0.2) is 97.5 Å². The molecule has 0 spiro atoms. The summed E-state index contributed by atoms with van der Waals surface area (Å²) in [5.41, 5.74) is 4.65. The molecule has 0 atom stereocenters. The average Bonchev–Trinajstić information content (AvgIpc) is 3.56. The van der Waals surface area contributed by atoms with Crippen LogP contribution in [0.5, 0.6) is 5.75 Å². The van der Waals surface area contributed by atoms with Gasteiger partial charge in [-0.1, -0.05) is 55.3 Å². The zero-order valence-corrected chi connectivity index (χ0v) is 29.3. The molecule has 13 nitrogen and oxygen atoms in total. The van der Waals surface area contributed by atoms with Crippen LogP contribution >= 0.6 is 0 Å². The predicted octanol–water partition coefficient (Wildman–Crippen LogP) is 7.20. The molecule has 0 bridgehead atoms. The van der Waals surface area contributed by atoms with Gasteiger partial charge in [0.2, 0.25) is 0 Å². The van der Waals surface area contributed by atoms with Crippen molar-refractivity contribution in [2.75, 3.05) is 36.2 Å². The molecule has 3 heterocycles. The molecule has 52 heavy (non-hydrogen) atoms. The topological polar surface area (TPSA) is 157 Å². The second-order valence-electron chi connectivity index (χ2n) is 12.1. The number of hydrogen-bond donors (Lipinski definition) is 4. The van der Waals surface area contributed by atoms with E-state index >= 15 is 0 Å². The van der Waals surface area contributed by atoms with E-state index in [9.17, 15) is 9.59 Å². The summed E-state index contributed by atoms with van der Waals surface area (Å²) < 4.78 is 13.0. The Kier molecular flexibility index (Phi) is 11.6. The number of rotatable bonds is 15. The number of benzene rings is 3. The number of nitrogens with one attached hydrogen (secondary N) is 4. The van der Waals surface area contributed by atoms with Crippen LogP contribution in [0.1, 0.15) is 47.1 Å². The van der Waals surface area contributed by atoms with E-state index < -0.39 is 0 Å². The Labute approximate surface area is 301 Å². The Hall–Kier alpha value is -6.34. The maximum absolute atomic E-state index is 13.4. The van der Waals surface area contributed by atoms with Gasteiger partial charge in [0.1, 0.15) is 35.5 Å². The molecule has 0 aliphatic carbocycles. The number of nitrogens with zero attached hydrogens (tertiary/aromatic N) is 5. The summed E-state index contributed by atoms with van der Waals surface area (Å²) in [6, 6.07) is 24.7. The molecule has 3 amide bonds. The number of hydrogen-bond acceptors (Lipinski definition) is 9. The van der Waals surface area contributed by atoms with E-state index in [-0.39, 0.29) is 24.2 Å². The molecule has 0 unspecified atom stereocenters. The highest BCUT2D eigenvalue weighted by molar-refractivity contribution is 6.07. The summed E-state index contributed by atoms with van der Waals surface area (Å²) in [5, 5.41) is 18.3. The van der Waals surface area contributed by atoms with E-state index in [2.05, 4.69) is 43.1 Å². The van der Waals surface area contributed by atoms with Crippen molar-refractivity contribution in [1.29, 1.82) is 0 Å². The zero-order chi connectivity index (χ0) is 36.3. The van der Waals surface area contributed by atoms with Gasteiger partial charge in [0, 0.05) is 36.7 Å². The average molecular weight is 700 g/mol. The number of urea groups is 1. The van der Waals surface area contributed by atoms with Crippen molar-refractivity contribution >= 4 is 45.9 Å². The fourth-order valence-corrected chi connectivity index (χ4v) is 5.45. The molecule has 0 saturated carbocycles. The SMILES string of the molecule is CCCCc1cc(NC(=O)Nc2ccc(OCc3ccnc(Nc4cnc(C(=O)NCCOC)cn4)c3)c3ccccc23)n(-c2ccc(C)cc2)n1. The zero-order valence-electron chi connectivity index (χ0n) is 29.3. The summed E-state index contributed by atoms with van der Waals surface area (Å²) in [5.74, 6) is 1.91. The van der Waals surface area contributed by atoms with E-state index in [1.165, 1.54) is 12.4 Å². The molecular weight excluding hydrogens is 658 g/mol. The molecular formula is C39H41N9O4. The summed E-state index contributed by atoms with van der Waals surface area (Å²) in [6.45, 7) is 5.24. The van der Waals surface area contributed by atoms with Crippen molar-refractivity contribution in [3.8, 4) is 11.4 Å². The first-order valence-corrected chi connectivity index (χ1v) is 17.1. The number of carbonyl (C=O) groups excluding carboxylic acids is 2. The van der Waals surface area contributed by atoms with Crippen molar-refractivity contribution in [2.24, 2.45) is 0 Å². The monoisotopic (exact) mass is 699 g/mol. The van der Waals surface area contributed by atoms with Gasteiger partial charge in [0.25, 0.3) is 5.91 Å². The number of unbranched alkanes of at least 4 members (excludes halogenated alkanes) is 1. The Morgan fingerprint density at radius 1 is 0.865 bits per heavy atom. The molecule has 0 fully saturated rings. The molecule has 3 aromatic heterocycles. The van der Waals surface area contributed by atoms with Crippen molar-refractivity contribution in [3.63, 3.8) is 0 Å². The number of anilines is 4. The first-order chi connectivity index (χ1) is 25.4. The lowest BCUT2D eigenvalue weighted by molar-refractivity contribution is 0.0931. The third-order valence-electron chi connectivity index (χ3n) is 8.15. The van der Waals surface area contributed by atoms with Crippen LogP contribution < -0.4 is 26.0 Å². The summed E-state index contributed by atoms with van der Waals surface area (Å²) in [6.07, 6.45) is 7.44. The van der Waals surface area contributed by atoms with E-state index in [1.54, 1.807) is 18.0 Å². The van der Waals surface area contributed by atoms with Crippen LogP contribution in [0.2, 0.25) is 0 Å². The summed E-state index contributed by atoms with van der Waals surface area (Å²) >= 11 is 0. The number of ether oxygens (including phenoxy) is 2. The van der Waals surface area contributed by atoms with Crippen LogP contribution in [0.3, 0.4) is 0 Å². The number of amides is 3. The van der Waals surface area contributed by atoms with E-state index in [0.29, 0.717) is 42.0 Å². The summed E-state index contributed by atoms with van der Waals surface area (Å²) in [4.78, 5) is 38.5. The lowest BCUT2D eigenvalue weighted by atomic mass is 10.1. The van der Waals surface area contributed by atoms with E-state index in [0.717, 1.165) is 52.5 Å². The lowest BCUT2D eigenvalue weighted by Gasteiger charge is -2.15. The van der Waals surface area contributed by atoms with Gasteiger partial charge in [-0.05, 0) is 61.7 Å². The van der Waals surface area contributed by atoms with E-state index in [1.807, 2.05) is 85.8 Å². The van der Waals surface area contributed by atoms with E-state index in [4.69, 9.17) is 14.6 Å². The molecule has 0 aliphatic heterocycles. The normalized spacial score (nSPS) is 10.9.